The summed E-state index contributed by atoms with van der Waals surface area (Å²) in [4.78, 5) is 15.4. The molecule has 122 valence electrons. The van der Waals surface area contributed by atoms with Gasteiger partial charge < -0.3 is 24.5 Å². The van der Waals surface area contributed by atoms with Crippen molar-refractivity contribution < 1.29 is 19.5 Å². The number of aromatic nitrogens is 1. The standard InChI is InChI=1S/C16H19N3O4/c1-18(2)11-8-19(9-12(11)20)15-13(16(21)22)14(23-17-15)10-6-4-3-5-7-10/h3-7,11-12,20H,8-9H2,1-2H3,(H,21,22)/t11-,12-/m0/s1. The Morgan fingerprint density at radius 3 is 2.57 bits per heavy atom. The average molecular weight is 317 g/mol. The number of hydrogen-bond acceptors (Lipinski definition) is 6. The maximum absolute atomic E-state index is 11.7. The molecule has 3 rings (SSSR count). The third-order valence-corrected chi connectivity index (χ3v) is 4.15. The minimum Gasteiger partial charge on any atom is -0.477 e. The molecule has 0 aliphatic carbocycles. The van der Waals surface area contributed by atoms with Crippen molar-refractivity contribution in [2.75, 3.05) is 32.1 Å². The quantitative estimate of drug-likeness (QED) is 0.874. The Bertz CT molecular complexity index is 699. The maximum atomic E-state index is 11.7. The number of rotatable bonds is 4. The van der Waals surface area contributed by atoms with E-state index in [1.807, 2.05) is 37.2 Å². The molecule has 0 spiro atoms. The van der Waals surface area contributed by atoms with Gasteiger partial charge in [-0.05, 0) is 14.1 Å². The van der Waals surface area contributed by atoms with Gasteiger partial charge in [-0.25, -0.2) is 4.79 Å². The first-order valence-electron chi connectivity index (χ1n) is 7.37. The van der Waals surface area contributed by atoms with E-state index in [1.165, 1.54) is 0 Å². The third-order valence-electron chi connectivity index (χ3n) is 4.15. The predicted molar refractivity (Wildman–Crippen MR) is 84.6 cm³/mol. The lowest BCUT2D eigenvalue weighted by Crippen LogP contribution is -2.38. The second kappa shape index (κ2) is 6.02. The molecule has 1 aromatic carbocycles. The van der Waals surface area contributed by atoms with Crippen molar-refractivity contribution in [1.29, 1.82) is 0 Å². The Balaban J connectivity index is 1.98. The number of likely N-dealkylation sites (N-methyl/N-ethyl adjacent to an activating group) is 1. The van der Waals surface area contributed by atoms with Crippen LogP contribution in [0.2, 0.25) is 0 Å². The van der Waals surface area contributed by atoms with Gasteiger partial charge in [0, 0.05) is 18.7 Å². The van der Waals surface area contributed by atoms with Gasteiger partial charge in [0.15, 0.2) is 17.1 Å². The van der Waals surface area contributed by atoms with Crippen molar-refractivity contribution in [1.82, 2.24) is 10.1 Å². The summed E-state index contributed by atoms with van der Waals surface area (Å²) >= 11 is 0. The number of aliphatic hydroxyl groups excluding tert-OH is 1. The van der Waals surface area contributed by atoms with Crippen LogP contribution < -0.4 is 4.90 Å². The van der Waals surface area contributed by atoms with Crippen LogP contribution in [0.4, 0.5) is 5.82 Å². The van der Waals surface area contributed by atoms with Crippen LogP contribution in [-0.4, -0.2) is 65.6 Å². The van der Waals surface area contributed by atoms with E-state index >= 15 is 0 Å². The zero-order chi connectivity index (χ0) is 16.6. The maximum Gasteiger partial charge on any atom is 0.343 e. The first-order valence-corrected chi connectivity index (χ1v) is 7.37. The third kappa shape index (κ3) is 2.80. The van der Waals surface area contributed by atoms with Gasteiger partial charge in [0.1, 0.15) is 0 Å². The number of benzene rings is 1. The molecule has 1 aliphatic heterocycles. The van der Waals surface area contributed by atoms with Crippen LogP contribution in [-0.2, 0) is 0 Å². The SMILES string of the molecule is CN(C)[C@H]1CN(c2noc(-c3ccccc3)c2C(=O)O)C[C@@H]1O. The molecule has 1 aliphatic rings. The predicted octanol–water partition coefficient (Wildman–Crippen LogP) is 1.15. The van der Waals surface area contributed by atoms with Crippen molar-refractivity contribution in [2.24, 2.45) is 0 Å². The molecular formula is C16H19N3O4. The van der Waals surface area contributed by atoms with Gasteiger partial charge in [-0.3, -0.25) is 0 Å². The second-order valence-corrected chi connectivity index (χ2v) is 5.88. The fourth-order valence-corrected chi connectivity index (χ4v) is 2.93. The molecular weight excluding hydrogens is 298 g/mol. The van der Waals surface area contributed by atoms with Gasteiger partial charge in [-0.15, -0.1) is 0 Å². The van der Waals surface area contributed by atoms with E-state index in [-0.39, 0.29) is 23.2 Å². The molecule has 1 fully saturated rings. The number of carbonyl (C=O) groups is 1. The zero-order valence-electron chi connectivity index (χ0n) is 13.0. The van der Waals surface area contributed by atoms with E-state index in [0.29, 0.717) is 18.7 Å². The first kappa shape index (κ1) is 15.5. The van der Waals surface area contributed by atoms with E-state index in [1.54, 1.807) is 17.0 Å². The van der Waals surface area contributed by atoms with Crippen molar-refractivity contribution >= 4 is 11.8 Å². The van der Waals surface area contributed by atoms with Crippen LogP contribution in [0.25, 0.3) is 11.3 Å². The number of nitrogens with zero attached hydrogens (tertiary/aromatic N) is 3. The lowest BCUT2D eigenvalue weighted by atomic mass is 10.1. The minimum atomic E-state index is -1.09. The summed E-state index contributed by atoms with van der Waals surface area (Å²) in [5, 5.41) is 23.7. The number of carboxylic acid groups (broad SMARTS) is 1. The van der Waals surface area contributed by atoms with Gasteiger partial charge in [0.05, 0.1) is 12.1 Å². The van der Waals surface area contributed by atoms with Gasteiger partial charge in [-0.2, -0.15) is 0 Å². The number of β-amino-alcohol motifs (C(OH)–C–C–N with tert-alkyl or cyclic N) is 1. The van der Waals surface area contributed by atoms with Crippen LogP contribution in [0.1, 0.15) is 10.4 Å². The molecule has 7 heteroatoms. The van der Waals surface area contributed by atoms with Gasteiger partial charge in [0.25, 0.3) is 0 Å². The highest BCUT2D eigenvalue weighted by atomic mass is 16.5. The Labute approximate surface area is 133 Å². The molecule has 0 amide bonds. The Kier molecular flexibility index (Phi) is 4.06. The minimum absolute atomic E-state index is 0.0304. The van der Waals surface area contributed by atoms with Crippen LogP contribution >= 0.6 is 0 Å². The highest BCUT2D eigenvalue weighted by molar-refractivity contribution is 5.99. The largest absolute Gasteiger partial charge is 0.477 e. The van der Waals surface area contributed by atoms with E-state index in [9.17, 15) is 15.0 Å². The number of aromatic carboxylic acids is 1. The van der Waals surface area contributed by atoms with E-state index in [4.69, 9.17) is 4.52 Å². The van der Waals surface area contributed by atoms with E-state index in [0.717, 1.165) is 0 Å². The molecule has 0 unspecified atom stereocenters. The molecule has 0 saturated carbocycles. The van der Waals surface area contributed by atoms with Crippen molar-refractivity contribution in [3.63, 3.8) is 0 Å². The molecule has 2 heterocycles. The number of aliphatic hydroxyl groups is 1. The van der Waals surface area contributed by atoms with Gasteiger partial charge in [-0.1, -0.05) is 35.5 Å². The summed E-state index contributed by atoms with van der Waals surface area (Å²) in [6.07, 6.45) is -0.566. The normalized spacial score (nSPS) is 21.1. The highest BCUT2D eigenvalue weighted by Crippen LogP contribution is 2.33. The zero-order valence-corrected chi connectivity index (χ0v) is 13.0. The molecule has 0 radical (unpaired) electrons. The highest BCUT2D eigenvalue weighted by Gasteiger charge is 2.37. The molecule has 2 N–H and O–H groups in total. The first-order chi connectivity index (χ1) is 11.0. The summed E-state index contributed by atoms with van der Waals surface area (Å²) in [5.41, 5.74) is 0.690. The molecule has 2 aromatic rings. The monoisotopic (exact) mass is 317 g/mol. The van der Waals surface area contributed by atoms with E-state index in [2.05, 4.69) is 5.16 Å². The van der Waals surface area contributed by atoms with Crippen LogP contribution in [0.5, 0.6) is 0 Å². The fourth-order valence-electron chi connectivity index (χ4n) is 2.93. The molecule has 23 heavy (non-hydrogen) atoms. The lowest BCUT2D eigenvalue weighted by Gasteiger charge is -2.21. The summed E-state index contributed by atoms with van der Waals surface area (Å²) in [6.45, 7) is 0.819. The van der Waals surface area contributed by atoms with E-state index < -0.39 is 12.1 Å². The van der Waals surface area contributed by atoms with Gasteiger partial charge >= 0.3 is 5.97 Å². The second-order valence-electron chi connectivity index (χ2n) is 5.88. The molecule has 7 nitrogen and oxygen atoms in total. The summed E-state index contributed by atoms with van der Waals surface area (Å²) < 4.78 is 5.32. The van der Waals surface area contributed by atoms with Crippen LogP contribution in [0.3, 0.4) is 0 Å². The summed E-state index contributed by atoms with van der Waals surface area (Å²) in [7, 11) is 3.77. The Hall–Kier alpha value is -2.38. The van der Waals surface area contributed by atoms with Crippen molar-refractivity contribution in [2.45, 2.75) is 12.1 Å². The summed E-state index contributed by atoms with van der Waals surface area (Å²) in [5.74, 6) is -0.599. The topological polar surface area (TPSA) is 90.0 Å². The molecule has 1 aromatic heterocycles. The fraction of sp³-hybridized carbons (Fsp3) is 0.375. The number of carboxylic acids is 1. The van der Waals surface area contributed by atoms with Crippen molar-refractivity contribution in [3.8, 4) is 11.3 Å². The number of hydrogen-bond donors (Lipinski definition) is 2. The lowest BCUT2D eigenvalue weighted by molar-refractivity contribution is 0.0697. The Morgan fingerprint density at radius 2 is 2.00 bits per heavy atom. The van der Waals surface area contributed by atoms with Crippen molar-refractivity contribution in [3.05, 3.63) is 35.9 Å². The van der Waals surface area contributed by atoms with Crippen LogP contribution in [0.15, 0.2) is 34.9 Å². The Morgan fingerprint density at radius 1 is 1.30 bits per heavy atom. The summed E-state index contributed by atoms with van der Waals surface area (Å²) in [6, 6.07) is 8.94. The molecule has 1 saturated heterocycles. The molecule has 2 atom stereocenters. The van der Waals surface area contributed by atoms with Crippen LogP contribution in [0, 0.1) is 0 Å². The molecule has 0 bridgehead atoms. The van der Waals surface area contributed by atoms with Gasteiger partial charge in [0.2, 0.25) is 0 Å². The smallest absolute Gasteiger partial charge is 0.343 e. The number of anilines is 1. The average Bonchev–Trinajstić information content (AvgIpc) is 3.11.